The van der Waals surface area contributed by atoms with Gasteiger partial charge in [-0.1, -0.05) is 0 Å². The molecule has 1 rings (SSSR count). The van der Waals surface area contributed by atoms with Crippen molar-refractivity contribution in [3.63, 3.8) is 0 Å². The average Bonchev–Trinajstić information content (AvgIpc) is 2.44. The molecule has 0 spiro atoms. The lowest BCUT2D eigenvalue weighted by Gasteiger charge is -2.14. The Kier molecular flexibility index (Phi) is 3.54. The zero-order valence-electron chi connectivity index (χ0n) is 8.51. The molecule has 0 aromatic carbocycles. The molecule has 0 saturated heterocycles. The number of ether oxygens (including phenoxy) is 2. The minimum Gasteiger partial charge on any atom is -0.505 e. The molecule has 0 saturated carbocycles. The Morgan fingerprint density at radius 1 is 1.53 bits per heavy atom. The molecule has 1 heterocycles. The van der Waals surface area contributed by atoms with Crippen molar-refractivity contribution in [2.75, 3.05) is 6.61 Å². The molecular formula is C9H14O6. The lowest BCUT2D eigenvalue weighted by atomic mass is 10.2. The summed E-state index contributed by atoms with van der Waals surface area (Å²) in [5.74, 6) is -1.61. The van der Waals surface area contributed by atoms with Crippen molar-refractivity contribution in [2.24, 2.45) is 0 Å². The van der Waals surface area contributed by atoms with E-state index >= 15 is 0 Å². The molecule has 0 radical (unpaired) electrons. The second-order valence-corrected chi connectivity index (χ2v) is 3.46. The van der Waals surface area contributed by atoms with Gasteiger partial charge in [0.25, 0.3) is 0 Å². The highest BCUT2D eigenvalue weighted by Gasteiger charge is 2.40. The second kappa shape index (κ2) is 4.50. The van der Waals surface area contributed by atoms with E-state index in [0.717, 1.165) is 0 Å². The Balaban J connectivity index is 2.83. The van der Waals surface area contributed by atoms with Gasteiger partial charge in [0.2, 0.25) is 5.76 Å². The van der Waals surface area contributed by atoms with Gasteiger partial charge < -0.3 is 24.8 Å². The highest BCUT2D eigenvalue weighted by Crippen LogP contribution is 2.24. The summed E-state index contributed by atoms with van der Waals surface area (Å²) in [5.41, 5.74) is 0. The van der Waals surface area contributed by atoms with Crippen LogP contribution in [0.2, 0.25) is 0 Å². The summed E-state index contributed by atoms with van der Waals surface area (Å²) in [6.07, 6.45) is -2.88. The maximum atomic E-state index is 11.2. The van der Waals surface area contributed by atoms with E-state index in [2.05, 4.69) is 4.74 Å². The molecule has 0 bridgehead atoms. The lowest BCUT2D eigenvalue weighted by Crippen LogP contribution is -2.31. The molecule has 86 valence electrons. The molecular weight excluding hydrogens is 204 g/mol. The van der Waals surface area contributed by atoms with Gasteiger partial charge in [-0.2, -0.15) is 0 Å². The third-order valence-corrected chi connectivity index (χ3v) is 1.81. The average molecular weight is 218 g/mol. The standard InChI is InChI=1S/C9H14O6/c1-4(2)14-8-6(12)7(5(11)3-10)15-9(8)13/h4-5,7,10-12H,3H2,1-2H3. The van der Waals surface area contributed by atoms with Crippen molar-refractivity contribution in [2.45, 2.75) is 32.2 Å². The van der Waals surface area contributed by atoms with E-state index in [1.54, 1.807) is 13.8 Å². The molecule has 1 aliphatic heterocycles. The molecule has 0 aromatic rings. The van der Waals surface area contributed by atoms with Crippen LogP contribution in [0.15, 0.2) is 11.5 Å². The first-order valence-electron chi connectivity index (χ1n) is 4.57. The predicted molar refractivity (Wildman–Crippen MR) is 48.8 cm³/mol. The SMILES string of the molecule is CC(C)OC1=C(O)C(C(O)CO)OC1=O. The summed E-state index contributed by atoms with van der Waals surface area (Å²) in [7, 11) is 0. The van der Waals surface area contributed by atoms with E-state index in [4.69, 9.17) is 9.84 Å². The van der Waals surface area contributed by atoms with E-state index in [1.165, 1.54) is 0 Å². The number of aliphatic hydroxyl groups excluding tert-OH is 3. The molecule has 6 nitrogen and oxygen atoms in total. The second-order valence-electron chi connectivity index (χ2n) is 3.46. The quantitative estimate of drug-likeness (QED) is 0.548. The summed E-state index contributed by atoms with van der Waals surface area (Å²) >= 11 is 0. The monoisotopic (exact) mass is 218 g/mol. The number of hydrogen-bond acceptors (Lipinski definition) is 6. The summed E-state index contributed by atoms with van der Waals surface area (Å²) in [4.78, 5) is 11.2. The van der Waals surface area contributed by atoms with E-state index in [0.29, 0.717) is 0 Å². The van der Waals surface area contributed by atoms with Gasteiger partial charge in [-0.25, -0.2) is 4.79 Å². The Labute approximate surface area is 86.7 Å². The molecule has 0 aromatic heterocycles. The van der Waals surface area contributed by atoms with Crippen LogP contribution < -0.4 is 0 Å². The summed E-state index contributed by atoms with van der Waals surface area (Å²) in [5, 5.41) is 27.4. The number of esters is 1. The van der Waals surface area contributed by atoms with Crippen LogP contribution in [0.3, 0.4) is 0 Å². The fourth-order valence-electron chi connectivity index (χ4n) is 1.16. The van der Waals surface area contributed by atoms with Crippen LogP contribution in [0.4, 0.5) is 0 Å². The summed E-state index contributed by atoms with van der Waals surface area (Å²) in [6.45, 7) is 2.75. The Morgan fingerprint density at radius 2 is 2.13 bits per heavy atom. The number of carbonyl (C=O) groups is 1. The predicted octanol–water partition coefficient (Wildman–Crippen LogP) is -0.540. The van der Waals surface area contributed by atoms with E-state index in [1.807, 2.05) is 0 Å². The normalized spacial score (nSPS) is 23.3. The summed E-state index contributed by atoms with van der Waals surface area (Å²) in [6, 6.07) is 0. The van der Waals surface area contributed by atoms with Gasteiger partial charge in [-0.05, 0) is 13.8 Å². The van der Waals surface area contributed by atoms with E-state index in [9.17, 15) is 15.0 Å². The lowest BCUT2D eigenvalue weighted by molar-refractivity contribution is -0.149. The van der Waals surface area contributed by atoms with Gasteiger partial charge in [-0.3, -0.25) is 0 Å². The Morgan fingerprint density at radius 3 is 2.60 bits per heavy atom. The van der Waals surface area contributed by atoms with Crippen molar-refractivity contribution in [3.05, 3.63) is 11.5 Å². The third-order valence-electron chi connectivity index (χ3n) is 1.81. The van der Waals surface area contributed by atoms with Crippen LogP contribution in [0.25, 0.3) is 0 Å². The maximum absolute atomic E-state index is 11.2. The topological polar surface area (TPSA) is 96.2 Å². The van der Waals surface area contributed by atoms with Gasteiger partial charge in [0.1, 0.15) is 6.10 Å². The zero-order chi connectivity index (χ0) is 11.6. The van der Waals surface area contributed by atoms with Crippen molar-refractivity contribution in [1.82, 2.24) is 0 Å². The van der Waals surface area contributed by atoms with Gasteiger partial charge >= 0.3 is 5.97 Å². The van der Waals surface area contributed by atoms with Gasteiger partial charge in [0.05, 0.1) is 12.7 Å². The van der Waals surface area contributed by atoms with Crippen LogP contribution in [0.5, 0.6) is 0 Å². The zero-order valence-corrected chi connectivity index (χ0v) is 8.51. The maximum Gasteiger partial charge on any atom is 0.378 e. The first-order chi connectivity index (χ1) is 6.97. The fourth-order valence-corrected chi connectivity index (χ4v) is 1.16. The van der Waals surface area contributed by atoms with Crippen molar-refractivity contribution in [3.8, 4) is 0 Å². The molecule has 0 fully saturated rings. The smallest absolute Gasteiger partial charge is 0.378 e. The minimum atomic E-state index is -1.35. The Hall–Kier alpha value is -1.27. The van der Waals surface area contributed by atoms with Crippen molar-refractivity contribution >= 4 is 5.97 Å². The van der Waals surface area contributed by atoms with Crippen LogP contribution >= 0.6 is 0 Å². The van der Waals surface area contributed by atoms with Crippen molar-refractivity contribution in [1.29, 1.82) is 0 Å². The largest absolute Gasteiger partial charge is 0.505 e. The number of aliphatic hydroxyl groups is 3. The highest BCUT2D eigenvalue weighted by molar-refractivity contribution is 5.89. The first kappa shape index (κ1) is 11.8. The number of carbonyl (C=O) groups excluding carboxylic acids is 1. The summed E-state index contributed by atoms with van der Waals surface area (Å²) < 4.78 is 9.66. The van der Waals surface area contributed by atoms with Crippen LogP contribution in [0, 0.1) is 0 Å². The number of hydrogen-bond donors (Lipinski definition) is 3. The fraction of sp³-hybridized carbons (Fsp3) is 0.667. The van der Waals surface area contributed by atoms with E-state index in [-0.39, 0.29) is 11.9 Å². The molecule has 0 amide bonds. The molecule has 6 heteroatoms. The molecule has 2 atom stereocenters. The Bertz CT molecular complexity index is 282. The minimum absolute atomic E-state index is 0.292. The first-order valence-corrected chi connectivity index (χ1v) is 4.57. The van der Waals surface area contributed by atoms with Crippen LogP contribution in [-0.4, -0.2) is 46.2 Å². The number of cyclic esters (lactones) is 1. The van der Waals surface area contributed by atoms with Gasteiger partial charge in [0, 0.05) is 0 Å². The van der Waals surface area contributed by atoms with Gasteiger partial charge in [-0.15, -0.1) is 0 Å². The van der Waals surface area contributed by atoms with Crippen LogP contribution in [0.1, 0.15) is 13.8 Å². The van der Waals surface area contributed by atoms with E-state index < -0.39 is 30.5 Å². The molecule has 0 aliphatic carbocycles. The van der Waals surface area contributed by atoms with Gasteiger partial charge in [0.15, 0.2) is 11.9 Å². The molecule has 1 aliphatic rings. The number of rotatable bonds is 4. The molecule has 15 heavy (non-hydrogen) atoms. The molecule has 2 unspecified atom stereocenters. The van der Waals surface area contributed by atoms with Crippen LogP contribution in [-0.2, 0) is 14.3 Å². The third kappa shape index (κ3) is 2.40. The highest BCUT2D eigenvalue weighted by atomic mass is 16.6. The van der Waals surface area contributed by atoms with Crippen molar-refractivity contribution < 1.29 is 29.6 Å². The molecule has 3 N–H and O–H groups in total.